The summed E-state index contributed by atoms with van der Waals surface area (Å²) in [4.78, 5) is 4.99. The molecule has 1 atom stereocenters. The maximum Gasteiger partial charge on any atom is 0.391 e. The highest BCUT2D eigenvalue weighted by molar-refractivity contribution is 5.31. The monoisotopic (exact) mass is 1770 g/mol. The van der Waals surface area contributed by atoms with Crippen molar-refractivity contribution in [3.8, 4) is 5.75 Å². The van der Waals surface area contributed by atoms with Crippen molar-refractivity contribution in [3.05, 3.63) is 102 Å². The van der Waals surface area contributed by atoms with Gasteiger partial charge in [-0.25, -0.2) is 8.78 Å². The summed E-state index contributed by atoms with van der Waals surface area (Å²) in [6.45, 7) is 80.0. The highest BCUT2D eigenvalue weighted by atomic mass is 19.4. The van der Waals surface area contributed by atoms with Crippen LogP contribution in [0.1, 0.15) is 458 Å². The molecule has 1 aliphatic heterocycles. The normalized spacial score (nSPS) is 19.5. The van der Waals surface area contributed by atoms with Crippen molar-refractivity contribution < 1.29 is 36.2 Å². The van der Waals surface area contributed by atoms with E-state index in [0.717, 1.165) is 96.8 Å². The maximum absolute atomic E-state index is 12.6. The van der Waals surface area contributed by atoms with Gasteiger partial charge in [-0.3, -0.25) is 0 Å². The first-order valence-electron chi connectivity index (χ1n) is 52.1. The Morgan fingerprint density at radius 1 is 0.400 bits per heavy atom. The zero-order chi connectivity index (χ0) is 95.9. The molecule has 3 aromatic carbocycles. The number of nitrogens with zero attached hydrogens (tertiary/aromatic N) is 2. The highest BCUT2D eigenvalue weighted by Gasteiger charge is 2.46. The minimum Gasteiger partial charge on any atom is -0.491 e. The predicted octanol–water partition coefficient (Wildman–Crippen LogP) is 37.2. The van der Waals surface area contributed by atoms with Crippen LogP contribution in [0.5, 0.6) is 5.75 Å². The van der Waals surface area contributed by atoms with Gasteiger partial charge in [-0.1, -0.05) is 347 Å². The van der Waals surface area contributed by atoms with Crippen molar-refractivity contribution in [2.24, 2.45) is 93.7 Å². The second-order valence-corrected chi connectivity index (χ2v) is 45.3. The molecule has 0 amide bonds. The Morgan fingerprint density at radius 3 is 1.02 bits per heavy atom. The molecule has 8 aliphatic carbocycles. The average Bonchev–Trinajstić information content (AvgIpc) is 1.61. The van der Waals surface area contributed by atoms with E-state index < -0.39 is 18.0 Å². The van der Waals surface area contributed by atoms with Crippen molar-refractivity contribution in [1.82, 2.24) is 9.80 Å². The van der Waals surface area contributed by atoms with Crippen molar-refractivity contribution in [3.63, 3.8) is 0 Å². The molecular weight excluding hydrogens is 1550 g/mol. The number of ether oxygens (including phenoxy) is 3. The fraction of sp³-hybridized carbons (Fsp3) is 0.843. The summed E-state index contributed by atoms with van der Waals surface area (Å²) in [6.07, 6.45) is 38.7. The number of rotatable bonds is 18. The Balaban J connectivity index is 0. The molecule has 0 radical (unpaired) electrons. The molecule has 1 heterocycles. The Bertz CT molecular complexity index is 2800. The van der Waals surface area contributed by atoms with E-state index in [1.165, 1.54) is 199 Å². The van der Waals surface area contributed by atoms with Crippen molar-refractivity contribution >= 4 is 0 Å². The van der Waals surface area contributed by atoms with Gasteiger partial charge in [0.1, 0.15) is 5.75 Å². The molecule has 736 valence electrons. The standard InChI is InChI=1S/C12H16.C10H20.C9H16F2.C9H18O.C9H12O.C9H18.C9H12.2C8H17N.C8H16.C7H14.C7H16.C6H14O.C4H7F3/c1-10(2)12(8-9-12)11-6-4-3-5-7-11;1-8(2)9-6-5-7-10(9,3)4;1-7(2)8-3-5-9(10,11)6-4-8;2*1-8(2)10-9-6-4-3-5-7-9;2*1-8(2)9-6-4-3-5-7-9;1-7(2)9(3)6-8-4-5-8;1-8(2)9-6-4-3-5-7-9;1-7(2)8-5-3-4-6-8;1-6(2)7-4-3-5-7;1-6(2)7(3,4)5;1-5(2)7-6(3)4;1-3(2)4(5,6)7/h3-7,10H,8-9H2,1-2H3;8-9H,5-7H2,1-4H3;7-8H,3-6H2,1-2H3;8-9H,3-7H2,1-2H3;3-8H,1-2H3;8-9H,3-7H2,1-2H3;3-8H,1-2H3;7-8H,4-6H2,1-3H3;8H,3-7H2,1-2H3;7-8H,3-6H2,1-2H3;6-7H,3-5H2,1-2H3;6H,1-5H3;5-6H,1-4H3;3H,1-2H3. The molecule has 3 aromatic rings. The van der Waals surface area contributed by atoms with Crippen LogP contribution in [-0.2, 0) is 14.9 Å². The molecule has 0 bridgehead atoms. The lowest BCUT2D eigenvalue weighted by molar-refractivity contribution is -0.164. The van der Waals surface area contributed by atoms with Crippen LogP contribution in [0.15, 0.2) is 91.0 Å². The van der Waals surface area contributed by atoms with E-state index in [1.54, 1.807) is 5.56 Å². The number of likely N-dealkylation sites (tertiary alicyclic amines) is 1. The topological polar surface area (TPSA) is 34.2 Å². The first-order valence-corrected chi connectivity index (χ1v) is 52.1. The number of piperidine rings is 1. The lowest BCUT2D eigenvalue weighted by Gasteiger charge is -2.30. The summed E-state index contributed by atoms with van der Waals surface area (Å²) in [6, 6.07) is 32.8. The minimum absolute atomic E-state index is 0.107. The maximum atomic E-state index is 12.6. The van der Waals surface area contributed by atoms with E-state index >= 15 is 0 Å². The Labute approximate surface area is 777 Å². The number of hydrogen-bond donors (Lipinski definition) is 0. The first-order chi connectivity index (χ1) is 58.1. The molecule has 1 saturated heterocycles. The van der Waals surface area contributed by atoms with Crippen molar-refractivity contribution in [2.75, 3.05) is 26.7 Å². The van der Waals surface area contributed by atoms with Crippen LogP contribution in [0.3, 0.4) is 0 Å². The van der Waals surface area contributed by atoms with Gasteiger partial charge in [0, 0.05) is 37.4 Å². The van der Waals surface area contributed by atoms with E-state index in [-0.39, 0.29) is 18.9 Å². The summed E-state index contributed by atoms with van der Waals surface area (Å²) in [7, 11) is 2.21. The van der Waals surface area contributed by atoms with Gasteiger partial charge in [0.15, 0.2) is 0 Å². The minimum atomic E-state index is -4.00. The second kappa shape index (κ2) is 68.0. The smallest absolute Gasteiger partial charge is 0.391 e. The van der Waals surface area contributed by atoms with Crippen molar-refractivity contribution in [1.29, 1.82) is 0 Å². The van der Waals surface area contributed by atoms with Gasteiger partial charge in [0.2, 0.25) is 5.92 Å². The number of halogens is 5. The van der Waals surface area contributed by atoms with E-state index in [1.807, 2.05) is 77.9 Å². The van der Waals surface area contributed by atoms with E-state index in [4.69, 9.17) is 14.2 Å². The van der Waals surface area contributed by atoms with Crippen molar-refractivity contribution in [2.45, 2.75) is 507 Å². The Kier molecular flexibility index (Phi) is 67.5. The van der Waals surface area contributed by atoms with Gasteiger partial charge in [0.25, 0.3) is 0 Å². The largest absolute Gasteiger partial charge is 0.491 e. The van der Waals surface area contributed by atoms with Gasteiger partial charge in [-0.15, -0.1) is 0 Å². The average molecular weight is 1770 g/mol. The zero-order valence-electron chi connectivity index (χ0n) is 89.4. The zero-order valence-corrected chi connectivity index (χ0v) is 89.4. The molecule has 9 aliphatic rings. The third-order valence-electron chi connectivity index (χ3n) is 27.9. The first kappa shape index (κ1) is 124. The van der Waals surface area contributed by atoms with Crippen LogP contribution in [0, 0.1) is 93.7 Å². The summed E-state index contributed by atoms with van der Waals surface area (Å²) in [5.41, 5.74) is 4.63. The summed E-state index contributed by atoms with van der Waals surface area (Å²) < 4.78 is 75.2. The molecule has 0 spiro atoms. The molecule has 1 unspecified atom stereocenters. The van der Waals surface area contributed by atoms with E-state index in [0.29, 0.717) is 71.3 Å². The molecular formula is C115H213F5N2O3. The lowest BCUT2D eigenvalue weighted by atomic mass is 9.76. The quantitative estimate of drug-likeness (QED) is 0.119. The molecule has 5 nitrogen and oxygen atoms in total. The molecule has 8 saturated carbocycles. The van der Waals surface area contributed by atoms with E-state index in [9.17, 15) is 22.0 Å². The highest BCUT2D eigenvalue weighted by Crippen LogP contribution is 2.54. The summed E-state index contributed by atoms with van der Waals surface area (Å²) in [5, 5.41) is 0. The van der Waals surface area contributed by atoms with Crippen LogP contribution in [0.25, 0.3) is 0 Å². The number of para-hydroxylation sites is 1. The Hall–Kier alpha value is -3.05. The van der Waals surface area contributed by atoms with Crippen LogP contribution >= 0.6 is 0 Å². The Morgan fingerprint density at radius 2 is 0.768 bits per heavy atom. The van der Waals surface area contributed by atoms with Crippen LogP contribution in [0.2, 0.25) is 0 Å². The molecule has 0 N–H and O–H groups in total. The SMILES string of the molecule is CC(C)C(C)(C)C.CC(C)C(F)(F)F.CC(C)C1(c2ccccc2)CC1.CC(C)C1CCC(F)(F)CC1.CC(C)C1CCC1.CC(C)C1CCCC1.CC(C)C1CCCC1(C)C.CC(C)C1CCCCC1.CC(C)N(C)CC1CC1.CC(C)N1CCCCC1.CC(C)OC(C)C.CC(C)OC1CCCCC1.CC(C)Oc1ccccc1.CC(C)c1ccccc1. The molecule has 125 heavy (non-hydrogen) atoms. The number of benzene rings is 3. The van der Waals surface area contributed by atoms with Gasteiger partial charge in [-0.2, -0.15) is 13.2 Å². The molecule has 0 aromatic heterocycles. The summed E-state index contributed by atoms with van der Waals surface area (Å²) in [5.74, 6) is 9.68. The fourth-order valence-corrected chi connectivity index (χ4v) is 17.0. The van der Waals surface area contributed by atoms with E-state index in [2.05, 4.69) is 258 Å². The molecule has 9 fully saturated rings. The fourth-order valence-electron chi connectivity index (χ4n) is 17.0. The third kappa shape index (κ3) is 64.5. The van der Waals surface area contributed by atoms with Gasteiger partial charge in [0.05, 0.1) is 30.5 Å². The lowest BCUT2D eigenvalue weighted by Crippen LogP contribution is -2.35. The van der Waals surface area contributed by atoms with Gasteiger partial charge >= 0.3 is 6.18 Å². The van der Waals surface area contributed by atoms with Gasteiger partial charge < -0.3 is 24.0 Å². The predicted molar refractivity (Wildman–Crippen MR) is 544 cm³/mol. The van der Waals surface area contributed by atoms with Crippen LogP contribution in [0.4, 0.5) is 22.0 Å². The van der Waals surface area contributed by atoms with Crippen LogP contribution < -0.4 is 4.74 Å². The molecule has 12 rings (SSSR count). The number of hydrogen-bond acceptors (Lipinski definition) is 5. The third-order valence-corrected chi connectivity index (χ3v) is 27.9. The number of alkyl halides is 5. The second-order valence-electron chi connectivity index (χ2n) is 45.3. The molecule has 10 heteroatoms. The van der Waals surface area contributed by atoms with Gasteiger partial charge in [-0.05, 0) is 303 Å². The summed E-state index contributed by atoms with van der Waals surface area (Å²) >= 11 is 0. The van der Waals surface area contributed by atoms with Crippen LogP contribution in [-0.4, -0.2) is 91.2 Å².